The first-order valence-electron chi connectivity index (χ1n) is 6.20. The monoisotopic (exact) mass is 279 g/mol. The van der Waals surface area contributed by atoms with Gasteiger partial charge >= 0.3 is 0 Å². The van der Waals surface area contributed by atoms with Gasteiger partial charge in [0.1, 0.15) is 5.65 Å². The Hall–Kier alpha value is -1.43. The van der Waals surface area contributed by atoms with Crippen molar-refractivity contribution in [3.05, 3.63) is 45.5 Å². The molecule has 0 amide bonds. The molecule has 1 saturated heterocycles. The number of aliphatic hydroxyl groups is 1. The van der Waals surface area contributed by atoms with Crippen molar-refractivity contribution in [3.63, 3.8) is 0 Å². The van der Waals surface area contributed by atoms with Crippen molar-refractivity contribution in [3.8, 4) is 0 Å². The average molecular weight is 280 g/mol. The smallest absolute Gasteiger partial charge is 0.258 e. The van der Waals surface area contributed by atoms with Gasteiger partial charge in [-0.3, -0.25) is 14.1 Å². The average Bonchev–Trinajstić information content (AvgIpc) is 2.76. The molecule has 1 aliphatic rings. The maximum absolute atomic E-state index is 12.0. The van der Waals surface area contributed by atoms with Crippen LogP contribution in [0.25, 0.3) is 5.65 Å². The zero-order chi connectivity index (χ0) is 13.4. The number of likely N-dealkylation sites (tertiary alicyclic amines) is 1. The third-order valence-corrected chi connectivity index (χ3v) is 3.53. The van der Waals surface area contributed by atoms with Gasteiger partial charge in [-0.1, -0.05) is 11.6 Å². The van der Waals surface area contributed by atoms with Crippen LogP contribution in [0.5, 0.6) is 0 Å². The summed E-state index contributed by atoms with van der Waals surface area (Å²) >= 11 is 5.86. The number of hydrogen-bond donors (Lipinski definition) is 1. The van der Waals surface area contributed by atoms with E-state index in [1.165, 1.54) is 10.5 Å². The van der Waals surface area contributed by atoms with Gasteiger partial charge in [0.2, 0.25) is 0 Å². The Kier molecular flexibility index (Phi) is 3.26. The fourth-order valence-electron chi connectivity index (χ4n) is 2.39. The van der Waals surface area contributed by atoms with E-state index in [0.717, 1.165) is 18.7 Å². The van der Waals surface area contributed by atoms with Crippen LogP contribution in [0, 0.1) is 0 Å². The van der Waals surface area contributed by atoms with E-state index in [4.69, 9.17) is 11.6 Å². The van der Waals surface area contributed by atoms with Crippen LogP contribution in [0.2, 0.25) is 5.02 Å². The summed E-state index contributed by atoms with van der Waals surface area (Å²) in [5.41, 5.74) is 1.18. The van der Waals surface area contributed by atoms with E-state index in [2.05, 4.69) is 9.88 Å². The second kappa shape index (κ2) is 4.92. The number of halogens is 1. The molecule has 0 aliphatic carbocycles. The predicted molar refractivity (Wildman–Crippen MR) is 72.4 cm³/mol. The van der Waals surface area contributed by atoms with Crippen molar-refractivity contribution in [2.24, 2.45) is 0 Å². The highest BCUT2D eigenvalue weighted by Crippen LogP contribution is 2.13. The molecule has 1 atom stereocenters. The van der Waals surface area contributed by atoms with Crippen molar-refractivity contribution < 1.29 is 5.11 Å². The summed E-state index contributed by atoms with van der Waals surface area (Å²) in [6.45, 7) is 2.07. The summed E-state index contributed by atoms with van der Waals surface area (Å²) in [4.78, 5) is 18.5. The lowest BCUT2D eigenvalue weighted by Crippen LogP contribution is -2.24. The Morgan fingerprint density at radius 1 is 1.47 bits per heavy atom. The van der Waals surface area contributed by atoms with E-state index in [-0.39, 0.29) is 11.7 Å². The van der Waals surface area contributed by atoms with Gasteiger partial charge in [-0.2, -0.15) is 0 Å². The van der Waals surface area contributed by atoms with E-state index >= 15 is 0 Å². The summed E-state index contributed by atoms with van der Waals surface area (Å²) in [5.74, 6) is 0. The van der Waals surface area contributed by atoms with Crippen molar-refractivity contribution in [1.82, 2.24) is 14.3 Å². The molecule has 0 aromatic carbocycles. The second-order valence-corrected chi connectivity index (χ2v) is 5.28. The molecule has 19 heavy (non-hydrogen) atoms. The van der Waals surface area contributed by atoms with Gasteiger partial charge in [-0.05, 0) is 18.6 Å². The van der Waals surface area contributed by atoms with Crippen LogP contribution >= 0.6 is 11.6 Å². The molecule has 2 aromatic heterocycles. The number of pyridine rings is 1. The Labute approximate surface area is 115 Å². The number of aromatic nitrogens is 2. The van der Waals surface area contributed by atoms with Crippen molar-refractivity contribution in [2.75, 3.05) is 13.1 Å². The molecule has 0 radical (unpaired) electrons. The molecule has 0 spiro atoms. The molecular formula is C13H14ClN3O2. The van der Waals surface area contributed by atoms with Crippen LogP contribution in [0.3, 0.4) is 0 Å². The first kappa shape index (κ1) is 12.6. The Balaban J connectivity index is 1.93. The molecule has 0 bridgehead atoms. The van der Waals surface area contributed by atoms with E-state index < -0.39 is 0 Å². The van der Waals surface area contributed by atoms with Crippen LogP contribution in [0.1, 0.15) is 12.1 Å². The maximum Gasteiger partial charge on any atom is 0.258 e. The second-order valence-electron chi connectivity index (χ2n) is 4.84. The summed E-state index contributed by atoms with van der Waals surface area (Å²) in [6, 6.07) is 4.97. The van der Waals surface area contributed by atoms with E-state index in [0.29, 0.717) is 23.8 Å². The lowest BCUT2D eigenvalue weighted by atomic mass is 10.3. The van der Waals surface area contributed by atoms with E-state index in [1.54, 1.807) is 18.3 Å². The number of nitrogens with zero attached hydrogens (tertiary/aromatic N) is 3. The molecule has 1 fully saturated rings. The largest absolute Gasteiger partial charge is 0.392 e. The highest BCUT2D eigenvalue weighted by molar-refractivity contribution is 6.30. The number of hydrogen-bond acceptors (Lipinski definition) is 4. The topological polar surface area (TPSA) is 57.8 Å². The van der Waals surface area contributed by atoms with Crippen LogP contribution in [-0.2, 0) is 6.54 Å². The summed E-state index contributed by atoms with van der Waals surface area (Å²) in [5, 5.41) is 10.00. The zero-order valence-corrected chi connectivity index (χ0v) is 11.0. The van der Waals surface area contributed by atoms with Gasteiger partial charge < -0.3 is 5.11 Å². The van der Waals surface area contributed by atoms with Crippen LogP contribution in [-0.4, -0.2) is 38.6 Å². The van der Waals surface area contributed by atoms with Crippen LogP contribution in [0.4, 0.5) is 0 Å². The van der Waals surface area contributed by atoms with Crippen molar-refractivity contribution >= 4 is 17.2 Å². The fourth-order valence-corrected chi connectivity index (χ4v) is 2.55. The lowest BCUT2D eigenvalue weighted by Gasteiger charge is -2.14. The minimum absolute atomic E-state index is 0.137. The molecule has 3 heterocycles. The van der Waals surface area contributed by atoms with Gasteiger partial charge in [-0.15, -0.1) is 0 Å². The molecular weight excluding hydrogens is 266 g/mol. The summed E-state index contributed by atoms with van der Waals surface area (Å²) in [7, 11) is 0. The minimum atomic E-state index is -0.264. The van der Waals surface area contributed by atoms with Gasteiger partial charge in [0.05, 0.1) is 16.8 Å². The van der Waals surface area contributed by atoms with Crippen molar-refractivity contribution in [2.45, 2.75) is 19.1 Å². The summed E-state index contributed by atoms with van der Waals surface area (Å²) < 4.78 is 1.44. The first-order chi connectivity index (χ1) is 9.11. The Morgan fingerprint density at radius 2 is 2.32 bits per heavy atom. The van der Waals surface area contributed by atoms with Gasteiger partial charge in [-0.25, -0.2) is 4.98 Å². The number of rotatable bonds is 2. The third-order valence-electron chi connectivity index (χ3n) is 3.31. The summed E-state index contributed by atoms with van der Waals surface area (Å²) in [6.07, 6.45) is 2.08. The molecule has 0 unspecified atom stereocenters. The lowest BCUT2D eigenvalue weighted by molar-refractivity contribution is 0.174. The minimum Gasteiger partial charge on any atom is -0.392 e. The van der Waals surface area contributed by atoms with E-state index in [1.807, 2.05) is 0 Å². The fraction of sp³-hybridized carbons (Fsp3) is 0.385. The quantitative estimate of drug-likeness (QED) is 0.888. The maximum atomic E-state index is 12.0. The highest BCUT2D eigenvalue weighted by atomic mass is 35.5. The van der Waals surface area contributed by atoms with Gasteiger partial charge in [0, 0.05) is 31.9 Å². The number of fused-ring (bicyclic) bond motifs is 1. The zero-order valence-electron chi connectivity index (χ0n) is 10.3. The molecule has 100 valence electrons. The SMILES string of the molecule is O=c1cc(CN2CC[C@@H](O)C2)nc2ccc(Cl)cn12. The molecule has 0 saturated carbocycles. The molecule has 1 aliphatic heterocycles. The van der Waals surface area contributed by atoms with Crippen molar-refractivity contribution in [1.29, 1.82) is 0 Å². The van der Waals surface area contributed by atoms with Crippen LogP contribution in [0.15, 0.2) is 29.2 Å². The molecule has 3 rings (SSSR count). The highest BCUT2D eigenvalue weighted by Gasteiger charge is 2.20. The Bertz CT molecular complexity index is 670. The standard InChI is InChI=1S/C13H14ClN3O2/c14-9-1-2-12-15-10(5-13(19)17(12)6-9)7-16-4-3-11(18)8-16/h1-2,5-6,11,18H,3-4,7-8H2/t11-/m1/s1. The van der Waals surface area contributed by atoms with Gasteiger partial charge in [0.15, 0.2) is 0 Å². The molecule has 5 nitrogen and oxygen atoms in total. The third kappa shape index (κ3) is 2.63. The van der Waals surface area contributed by atoms with E-state index in [9.17, 15) is 9.90 Å². The number of β-amino-alcohol motifs (C(OH)–C–C–N with tert-alkyl or cyclic N) is 1. The first-order valence-corrected chi connectivity index (χ1v) is 6.58. The predicted octanol–water partition coefficient (Wildman–Crippen LogP) is 0.914. The molecule has 2 aromatic rings. The Morgan fingerprint density at radius 3 is 3.05 bits per heavy atom. The molecule has 1 N–H and O–H groups in total. The van der Waals surface area contributed by atoms with Crippen LogP contribution < -0.4 is 5.56 Å². The normalized spacial score (nSPS) is 20.2. The molecule has 6 heteroatoms. The van der Waals surface area contributed by atoms with Gasteiger partial charge in [0.25, 0.3) is 5.56 Å². The number of aliphatic hydroxyl groups excluding tert-OH is 1.